The molecule has 1 aromatic heterocycles. The van der Waals surface area contributed by atoms with Crippen molar-refractivity contribution >= 4 is 5.96 Å². The lowest BCUT2D eigenvalue weighted by Gasteiger charge is -2.27. The molecule has 0 amide bonds. The highest BCUT2D eigenvalue weighted by Gasteiger charge is 2.16. The fraction of sp³-hybridized carbons (Fsp3) is 0.750. The van der Waals surface area contributed by atoms with Crippen LogP contribution in [0.25, 0.3) is 0 Å². The lowest BCUT2D eigenvalue weighted by molar-refractivity contribution is 0.0389. The Bertz CT molecular complexity index is 508. The van der Waals surface area contributed by atoms with E-state index in [1.807, 2.05) is 17.9 Å². The van der Waals surface area contributed by atoms with E-state index in [1.165, 1.54) is 5.56 Å². The van der Waals surface area contributed by atoms with E-state index in [0.29, 0.717) is 0 Å². The van der Waals surface area contributed by atoms with Gasteiger partial charge in [-0.05, 0) is 14.1 Å². The molecular weight excluding hydrogens is 306 g/mol. The second-order valence-electron chi connectivity index (χ2n) is 6.26. The first-order chi connectivity index (χ1) is 11.6. The molecule has 1 fully saturated rings. The van der Waals surface area contributed by atoms with E-state index in [4.69, 9.17) is 4.74 Å². The van der Waals surface area contributed by atoms with E-state index in [1.54, 1.807) is 7.05 Å². The second-order valence-corrected chi connectivity index (χ2v) is 6.26. The molecule has 8 nitrogen and oxygen atoms in total. The third-order valence-electron chi connectivity index (χ3n) is 4.24. The van der Waals surface area contributed by atoms with E-state index in [-0.39, 0.29) is 6.04 Å². The van der Waals surface area contributed by atoms with Gasteiger partial charge in [0.15, 0.2) is 5.96 Å². The molecular formula is C16H31N7O. The largest absolute Gasteiger partial charge is 0.379 e. The summed E-state index contributed by atoms with van der Waals surface area (Å²) >= 11 is 0. The Hall–Kier alpha value is -1.64. The van der Waals surface area contributed by atoms with E-state index in [9.17, 15) is 0 Å². The second kappa shape index (κ2) is 9.61. The molecule has 136 valence electrons. The maximum absolute atomic E-state index is 5.37. The number of aromatic nitrogens is 2. The molecule has 1 aliphatic heterocycles. The highest BCUT2D eigenvalue weighted by atomic mass is 16.5. The monoisotopic (exact) mass is 337 g/mol. The fourth-order valence-electron chi connectivity index (χ4n) is 2.78. The van der Waals surface area contributed by atoms with Crippen LogP contribution in [0.3, 0.4) is 0 Å². The van der Waals surface area contributed by atoms with Gasteiger partial charge in [0.1, 0.15) is 0 Å². The molecule has 2 heterocycles. The molecule has 0 radical (unpaired) electrons. The molecule has 1 aliphatic rings. The van der Waals surface area contributed by atoms with Gasteiger partial charge in [0, 0.05) is 58.6 Å². The zero-order chi connectivity index (χ0) is 17.4. The van der Waals surface area contributed by atoms with E-state index in [0.717, 1.165) is 51.9 Å². The summed E-state index contributed by atoms with van der Waals surface area (Å²) in [5.74, 6) is 0.832. The number of nitrogens with one attached hydrogen (secondary N) is 2. The summed E-state index contributed by atoms with van der Waals surface area (Å²) in [5.41, 5.74) is 1.19. The van der Waals surface area contributed by atoms with Crippen LogP contribution in [-0.4, -0.2) is 92.6 Å². The molecule has 0 aliphatic carbocycles. The van der Waals surface area contributed by atoms with Crippen LogP contribution in [0.5, 0.6) is 0 Å². The van der Waals surface area contributed by atoms with Crippen molar-refractivity contribution in [2.24, 2.45) is 12.0 Å². The predicted molar refractivity (Wildman–Crippen MR) is 96.3 cm³/mol. The summed E-state index contributed by atoms with van der Waals surface area (Å²) in [6.45, 7) is 6.35. The van der Waals surface area contributed by atoms with Gasteiger partial charge >= 0.3 is 0 Å². The van der Waals surface area contributed by atoms with Gasteiger partial charge in [-0.15, -0.1) is 0 Å². The van der Waals surface area contributed by atoms with E-state index < -0.39 is 0 Å². The minimum Gasteiger partial charge on any atom is -0.379 e. The van der Waals surface area contributed by atoms with Gasteiger partial charge in [-0.3, -0.25) is 14.6 Å². The molecule has 1 saturated heterocycles. The average Bonchev–Trinajstić information content (AvgIpc) is 3.00. The number of aryl methyl sites for hydroxylation is 1. The van der Waals surface area contributed by atoms with Crippen LogP contribution in [0.2, 0.25) is 0 Å². The normalized spacial score (nSPS) is 18.0. The summed E-state index contributed by atoms with van der Waals surface area (Å²) < 4.78 is 7.20. The van der Waals surface area contributed by atoms with Crippen LogP contribution in [0.4, 0.5) is 0 Å². The number of morpholine rings is 1. The zero-order valence-corrected chi connectivity index (χ0v) is 15.3. The molecule has 0 aromatic carbocycles. The Morgan fingerprint density at radius 1 is 1.38 bits per heavy atom. The lowest BCUT2D eigenvalue weighted by Crippen LogP contribution is -2.45. The summed E-state index contributed by atoms with van der Waals surface area (Å²) in [6, 6.07) is 0.247. The maximum atomic E-state index is 5.37. The SMILES string of the molecule is CN=C(NCCN1CCOCC1)NCC(c1cnn(C)c1)N(C)C. The number of aliphatic imine (C=N–C) groups is 1. The van der Waals surface area contributed by atoms with Gasteiger partial charge in [0.05, 0.1) is 25.5 Å². The summed E-state index contributed by atoms with van der Waals surface area (Å²) in [4.78, 5) is 8.90. The highest BCUT2D eigenvalue weighted by Crippen LogP contribution is 2.15. The number of hydrogen-bond acceptors (Lipinski definition) is 5. The van der Waals surface area contributed by atoms with Gasteiger partial charge in [0.25, 0.3) is 0 Å². The third kappa shape index (κ3) is 5.77. The number of likely N-dealkylation sites (N-methyl/N-ethyl adjacent to an activating group) is 1. The highest BCUT2D eigenvalue weighted by molar-refractivity contribution is 5.79. The van der Waals surface area contributed by atoms with Crippen LogP contribution >= 0.6 is 0 Å². The van der Waals surface area contributed by atoms with Crippen molar-refractivity contribution in [2.75, 3.05) is 67.1 Å². The van der Waals surface area contributed by atoms with Crippen LogP contribution in [-0.2, 0) is 11.8 Å². The third-order valence-corrected chi connectivity index (χ3v) is 4.24. The molecule has 8 heteroatoms. The van der Waals surface area contributed by atoms with Gasteiger partial charge in [-0.2, -0.15) is 5.10 Å². The first-order valence-corrected chi connectivity index (χ1v) is 8.49. The number of hydrogen-bond donors (Lipinski definition) is 2. The van der Waals surface area contributed by atoms with Crippen molar-refractivity contribution in [1.82, 2.24) is 30.2 Å². The Morgan fingerprint density at radius 2 is 2.12 bits per heavy atom. The van der Waals surface area contributed by atoms with E-state index >= 15 is 0 Å². The average molecular weight is 337 g/mol. The minimum absolute atomic E-state index is 0.247. The zero-order valence-electron chi connectivity index (χ0n) is 15.3. The number of guanidine groups is 1. The Balaban J connectivity index is 1.76. The first-order valence-electron chi connectivity index (χ1n) is 8.49. The smallest absolute Gasteiger partial charge is 0.191 e. The van der Waals surface area contributed by atoms with Gasteiger partial charge in [0.2, 0.25) is 0 Å². The molecule has 2 N–H and O–H groups in total. The first kappa shape index (κ1) is 18.7. The van der Waals surface area contributed by atoms with Crippen molar-refractivity contribution in [1.29, 1.82) is 0 Å². The Morgan fingerprint density at radius 3 is 2.71 bits per heavy atom. The lowest BCUT2D eigenvalue weighted by atomic mass is 10.1. The summed E-state index contributed by atoms with van der Waals surface area (Å²) in [5, 5.41) is 11.1. The van der Waals surface area contributed by atoms with Gasteiger partial charge in [-0.25, -0.2) is 0 Å². The van der Waals surface area contributed by atoms with Crippen molar-refractivity contribution in [3.63, 3.8) is 0 Å². The Labute approximate surface area is 144 Å². The molecule has 2 rings (SSSR count). The molecule has 1 unspecified atom stereocenters. The van der Waals surface area contributed by atoms with Crippen molar-refractivity contribution in [2.45, 2.75) is 6.04 Å². The molecule has 1 atom stereocenters. The molecule has 0 spiro atoms. The fourth-order valence-corrected chi connectivity index (χ4v) is 2.78. The summed E-state index contributed by atoms with van der Waals surface area (Å²) in [6.07, 6.45) is 3.97. The van der Waals surface area contributed by atoms with E-state index in [2.05, 4.69) is 50.8 Å². The predicted octanol–water partition coefficient (Wildman–Crippen LogP) is -0.480. The minimum atomic E-state index is 0.247. The van der Waals surface area contributed by atoms with Crippen molar-refractivity contribution in [3.05, 3.63) is 18.0 Å². The van der Waals surface area contributed by atoms with Gasteiger partial charge < -0.3 is 20.3 Å². The molecule has 0 saturated carbocycles. The van der Waals surface area contributed by atoms with Gasteiger partial charge in [-0.1, -0.05) is 0 Å². The topological polar surface area (TPSA) is 70.0 Å². The number of rotatable bonds is 7. The van der Waals surface area contributed by atoms with Crippen molar-refractivity contribution < 1.29 is 4.74 Å². The van der Waals surface area contributed by atoms with Crippen LogP contribution in [0.1, 0.15) is 11.6 Å². The standard InChI is InChI=1S/C16H31N7O/c1-17-16(18-5-6-23-7-9-24-10-8-23)19-12-15(21(2)3)14-11-20-22(4)13-14/h11,13,15H,5-10,12H2,1-4H3,(H2,17,18,19). The molecule has 24 heavy (non-hydrogen) atoms. The number of ether oxygens (including phenoxy) is 1. The summed E-state index contributed by atoms with van der Waals surface area (Å²) in [7, 11) is 7.90. The number of nitrogens with zero attached hydrogens (tertiary/aromatic N) is 5. The Kier molecular flexibility index (Phi) is 7.48. The van der Waals surface area contributed by atoms with Crippen molar-refractivity contribution in [3.8, 4) is 0 Å². The molecule has 1 aromatic rings. The quantitative estimate of drug-likeness (QED) is 0.517. The molecule has 0 bridgehead atoms. The maximum Gasteiger partial charge on any atom is 0.191 e. The van der Waals surface area contributed by atoms with Crippen LogP contribution in [0, 0.1) is 0 Å². The van der Waals surface area contributed by atoms with Crippen LogP contribution in [0.15, 0.2) is 17.4 Å². The van der Waals surface area contributed by atoms with Crippen LogP contribution < -0.4 is 10.6 Å².